The van der Waals surface area contributed by atoms with E-state index in [4.69, 9.17) is 14.6 Å². The van der Waals surface area contributed by atoms with Crippen molar-refractivity contribution in [3.05, 3.63) is 29.8 Å². The Bertz CT molecular complexity index is 451. The fourth-order valence-electron chi connectivity index (χ4n) is 2.44. The second-order valence-electron chi connectivity index (χ2n) is 4.89. The highest BCUT2D eigenvalue weighted by Gasteiger charge is 2.29. The van der Waals surface area contributed by atoms with Crippen LogP contribution in [0.15, 0.2) is 18.2 Å². The van der Waals surface area contributed by atoms with Gasteiger partial charge in [0, 0.05) is 7.11 Å². The number of carbonyl (C=O) groups is 1. The molecule has 1 aliphatic carbocycles. The maximum absolute atomic E-state index is 13.5. The van der Waals surface area contributed by atoms with Crippen LogP contribution in [0.1, 0.15) is 32.6 Å². The number of esters is 1. The maximum Gasteiger partial charge on any atom is 0.308 e. The summed E-state index contributed by atoms with van der Waals surface area (Å²) in [5, 5.41) is 7.00. The van der Waals surface area contributed by atoms with E-state index in [9.17, 15) is 13.6 Å². The average molecular weight is 316 g/mol. The predicted molar refractivity (Wildman–Crippen MR) is 77.5 cm³/mol. The van der Waals surface area contributed by atoms with Crippen molar-refractivity contribution >= 4 is 5.97 Å². The number of hydrogen-bond acceptors (Lipinski definition) is 4. The standard InChI is InChI=1S/C15H18F2O3.CH4O/c1-2-19-15(18)10-6-8-11(9-7-10)20-14-12(16)4-3-5-13(14)17;1-2/h3-5,10-11H,2,6-9H2,1H3;2H,1H3. The van der Waals surface area contributed by atoms with E-state index < -0.39 is 11.6 Å². The lowest BCUT2D eigenvalue weighted by Gasteiger charge is -2.27. The zero-order valence-electron chi connectivity index (χ0n) is 12.9. The number of ether oxygens (including phenoxy) is 2. The van der Waals surface area contributed by atoms with Gasteiger partial charge >= 0.3 is 5.97 Å². The summed E-state index contributed by atoms with van der Waals surface area (Å²) in [5.41, 5.74) is 0. The van der Waals surface area contributed by atoms with Crippen LogP contribution in [0.5, 0.6) is 5.75 Å². The number of para-hydroxylation sites is 1. The van der Waals surface area contributed by atoms with Gasteiger partial charge in [-0.05, 0) is 44.7 Å². The van der Waals surface area contributed by atoms with E-state index in [1.54, 1.807) is 6.92 Å². The van der Waals surface area contributed by atoms with E-state index in [0.717, 1.165) is 7.11 Å². The number of halogens is 2. The Balaban J connectivity index is 0.00000116. The number of carbonyl (C=O) groups excluding carboxylic acids is 1. The first-order valence-electron chi connectivity index (χ1n) is 7.33. The van der Waals surface area contributed by atoms with Crippen LogP contribution in [0.4, 0.5) is 8.78 Å². The van der Waals surface area contributed by atoms with E-state index in [-0.39, 0.29) is 23.7 Å². The molecule has 0 bridgehead atoms. The highest BCUT2D eigenvalue weighted by atomic mass is 19.1. The summed E-state index contributed by atoms with van der Waals surface area (Å²) in [4.78, 5) is 11.6. The van der Waals surface area contributed by atoms with Crippen molar-refractivity contribution in [1.29, 1.82) is 0 Å². The Labute approximate surface area is 129 Å². The molecule has 0 atom stereocenters. The zero-order chi connectivity index (χ0) is 16.5. The predicted octanol–water partition coefficient (Wildman–Crippen LogP) is 3.07. The lowest BCUT2D eigenvalue weighted by Crippen LogP contribution is -2.29. The molecule has 0 spiro atoms. The van der Waals surface area contributed by atoms with Crippen LogP contribution in [-0.4, -0.2) is 30.9 Å². The van der Waals surface area contributed by atoms with Gasteiger partial charge in [0.25, 0.3) is 0 Å². The number of aliphatic hydroxyl groups excluding tert-OH is 1. The highest BCUT2D eigenvalue weighted by Crippen LogP contribution is 2.30. The van der Waals surface area contributed by atoms with Crippen molar-refractivity contribution in [2.45, 2.75) is 38.7 Å². The summed E-state index contributed by atoms with van der Waals surface area (Å²) in [6.45, 7) is 2.14. The maximum atomic E-state index is 13.5. The molecule has 1 aromatic rings. The molecule has 0 amide bonds. The van der Waals surface area contributed by atoms with E-state index in [1.165, 1.54) is 18.2 Å². The SMILES string of the molecule is CCOC(=O)C1CCC(Oc2c(F)cccc2F)CC1.CO. The second kappa shape index (κ2) is 9.35. The smallest absolute Gasteiger partial charge is 0.308 e. The van der Waals surface area contributed by atoms with Crippen molar-refractivity contribution in [3.63, 3.8) is 0 Å². The Morgan fingerprint density at radius 2 is 1.73 bits per heavy atom. The Morgan fingerprint density at radius 1 is 1.18 bits per heavy atom. The molecular weight excluding hydrogens is 294 g/mol. The molecule has 0 saturated heterocycles. The van der Waals surface area contributed by atoms with Gasteiger partial charge in [-0.1, -0.05) is 6.07 Å². The molecule has 0 unspecified atom stereocenters. The molecule has 6 heteroatoms. The monoisotopic (exact) mass is 316 g/mol. The fraction of sp³-hybridized carbons (Fsp3) is 0.562. The largest absolute Gasteiger partial charge is 0.484 e. The average Bonchev–Trinajstić information content (AvgIpc) is 2.54. The van der Waals surface area contributed by atoms with E-state index in [2.05, 4.69) is 0 Å². The Morgan fingerprint density at radius 3 is 2.23 bits per heavy atom. The van der Waals surface area contributed by atoms with Gasteiger partial charge in [-0.3, -0.25) is 4.79 Å². The normalized spacial score (nSPS) is 20.6. The van der Waals surface area contributed by atoms with Crippen LogP contribution in [0.25, 0.3) is 0 Å². The van der Waals surface area contributed by atoms with Crippen LogP contribution in [-0.2, 0) is 9.53 Å². The quantitative estimate of drug-likeness (QED) is 0.867. The number of aliphatic hydroxyl groups is 1. The van der Waals surface area contributed by atoms with Crippen molar-refractivity contribution in [2.24, 2.45) is 5.92 Å². The van der Waals surface area contributed by atoms with Gasteiger partial charge in [0.05, 0.1) is 18.6 Å². The molecule has 22 heavy (non-hydrogen) atoms. The summed E-state index contributed by atoms with van der Waals surface area (Å²) in [6, 6.07) is 3.64. The first-order chi connectivity index (χ1) is 10.6. The summed E-state index contributed by atoms with van der Waals surface area (Å²) in [6.07, 6.45) is 2.18. The van der Waals surface area contributed by atoms with Gasteiger partial charge in [0.2, 0.25) is 0 Å². The van der Waals surface area contributed by atoms with Crippen LogP contribution < -0.4 is 4.74 Å². The van der Waals surface area contributed by atoms with E-state index in [1.807, 2.05) is 0 Å². The van der Waals surface area contributed by atoms with Gasteiger partial charge in [0.15, 0.2) is 17.4 Å². The van der Waals surface area contributed by atoms with Gasteiger partial charge < -0.3 is 14.6 Å². The van der Waals surface area contributed by atoms with E-state index in [0.29, 0.717) is 32.3 Å². The molecule has 0 aromatic heterocycles. The van der Waals surface area contributed by atoms with Gasteiger partial charge in [-0.15, -0.1) is 0 Å². The number of hydrogen-bond donors (Lipinski definition) is 1. The molecule has 1 saturated carbocycles. The molecule has 4 nitrogen and oxygen atoms in total. The molecule has 1 N–H and O–H groups in total. The Kier molecular flexibility index (Phi) is 7.80. The Hall–Kier alpha value is -1.69. The van der Waals surface area contributed by atoms with E-state index >= 15 is 0 Å². The van der Waals surface area contributed by atoms with Crippen LogP contribution >= 0.6 is 0 Å². The summed E-state index contributed by atoms with van der Waals surface area (Å²) < 4.78 is 37.3. The summed E-state index contributed by atoms with van der Waals surface area (Å²) in [7, 11) is 1.00. The van der Waals surface area contributed by atoms with Crippen molar-refractivity contribution in [2.75, 3.05) is 13.7 Å². The molecule has 0 radical (unpaired) electrons. The first-order valence-corrected chi connectivity index (χ1v) is 7.33. The summed E-state index contributed by atoms with van der Waals surface area (Å²) in [5.74, 6) is -2.04. The fourth-order valence-corrected chi connectivity index (χ4v) is 2.44. The van der Waals surface area contributed by atoms with Crippen LogP contribution in [0, 0.1) is 17.6 Å². The van der Waals surface area contributed by atoms with Gasteiger partial charge in [-0.2, -0.15) is 0 Å². The molecule has 124 valence electrons. The second-order valence-corrected chi connectivity index (χ2v) is 4.89. The first kappa shape index (κ1) is 18.4. The van der Waals surface area contributed by atoms with Gasteiger partial charge in [0.1, 0.15) is 0 Å². The van der Waals surface area contributed by atoms with Crippen molar-refractivity contribution < 1.29 is 28.2 Å². The third-order valence-corrected chi connectivity index (χ3v) is 3.50. The van der Waals surface area contributed by atoms with Crippen LogP contribution in [0.2, 0.25) is 0 Å². The third-order valence-electron chi connectivity index (χ3n) is 3.50. The molecular formula is C16H22F2O4. The molecule has 0 heterocycles. The molecule has 1 aromatic carbocycles. The topological polar surface area (TPSA) is 55.8 Å². The minimum atomic E-state index is -0.697. The molecule has 2 rings (SSSR count). The number of benzene rings is 1. The lowest BCUT2D eigenvalue weighted by atomic mass is 9.87. The minimum absolute atomic E-state index is 0.125. The molecule has 1 fully saturated rings. The molecule has 1 aliphatic rings. The number of rotatable bonds is 4. The third kappa shape index (κ3) is 4.94. The van der Waals surface area contributed by atoms with Crippen molar-refractivity contribution in [3.8, 4) is 5.75 Å². The lowest BCUT2D eigenvalue weighted by molar-refractivity contribution is -0.149. The molecule has 0 aliphatic heterocycles. The zero-order valence-corrected chi connectivity index (χ0v) is 12.9. The van der Waals surface area contributed by atoms with Crippen LogP contribution in [0.3, 0.4) is 0 Å². The highest BCUT2D eigenvalue weighted by molar-refractivity contribution is 5.72. The van der Waals surface area contributed by atoms with Crippen molar-refractivity contribution in [1.82, 2.24) is 0 Å². The minimum Gasteiger partial charge on any atom is -0.484 e. The summed E-state index contributed by atoms with van der Waals surface area (Å²) >= 11 is 0. The van der Waals surface area contributed by atoms with Gasteiger partial charge in [-0.25, -0.2) is 8.78 Å².